The highest BCUT2D eigenvalue weighted by Gasteiger charge is 2.10. The van der Waals surface area contributed by atoms with Crippen LogP contribution in [-0.2, 0) is 9.47 Å². The van der Waals surface area contributed by atoms with Crippen molar-refractivity contribution < 1.29 is 14.6 Å². The fourth-order valence-electron chi connectivity index (χ4n) is 1.75. The maximum absolute atomic E-state index is 8.50. The number of ether oxygens (including phenoxy) is 2. The Morgan fingerprint density at radius 3 is 3.07 bits per heavy atom. The molecule has 0 saturated carbocycles. The van der Waals surface area contributed by atoms with Crippen molar-refractivity contribution in [2.75, 3.05) is 39.6 Å². The van der Waals surface area contributed by atoms with Gasteiger partial charge in [0.05, 0.1) is 13.2 Å². The minimum atomic E-state index is 0.118. The standard InChI is InChI=1S/C11H23NO3/c13-6-10-15-8-2-5-12-11-3-1-7-14-9-4-11/h11-13H,1-10H2. The van der Waals surface area contributed by atoms with Crippen molar-refractivity contribution in [3.8, 4) is 0 Å². The Morgan fingerprint density at radius 2 is 2.20 bits per heavy atom. The van der Waals surface area contributed by atoms with Crippen molar-refractivity contribution in [1.82, 2.24) is 5.32 Å². The van der Waals surface area contributed by atoms with E-state index < -0.39 is 0 Å². The summed E-state index contributed by atoms with van der Waals surface area (Å²) in [6.07, 6.45) is 4.52. The third-order valence-electron chi connectivity index (χ3n) is 2.59. The normalized spacial score (nSPS) is 22.6. The number of hydrogen-bond donors (Lipinski definition) is 2. The molecule has 0 bridgehead atoms. The van der Waals surface area contributed by atoms with Crippen LogP contribution in [0.4, 0.5) is 0 Å². The Morgan fingerprint density at radius 1 is 1.27 bits per heavy atom. The van der Waals surface area contributed by atoms with Crippen molar-refractivity contribution in [3.63, 3.8) is 0 Å². The molecule has 1 aliphatic heterocycles. The van der Waals surface area contributed by atoms with Crippen LogP contribution in [0.3, 0.4) is 0 Å². The van der Waals surface area contributed by atoms with Crippen molar-refractivity contribution in [2.24, 2.45) is 0 Å². The maximum atomic E-state index is 8.50. The number of rotatable bonds is 7. The average molecular weight is 217 g/mol. The molecule has 1 fully saturated rings. The Hall–Kier alpha value is -0.160. The topological polar surface area (TPSA) is 50.7 Å². The van der Waals surface area contributed by atoms with Gasteiger partial charge in [-0.1, -0.05) is 0 Å². The predicted molar refractivity (Wildman–Crippen MR) is 59.0 cm³/mol. The summed E-state index contributed by atoms with van der Waals surface area (Å²) in [7, 11) is 0. The Bertz CT molecular complexity index is 136. The summed E-state index contributed by atoms with van der Waals surface area (Å²) in [6, 6.07) is 0.616. The minimum Gasteiger partial charge on any atom is -0.394 e. The lowest BCUT2D eigenvalue weighted by Crippen LogP contribution is -2.30. The molecule has 1 atom stereocenters. The van der Waals surface area contributed by atoms with Crippen LogP contribution in [0, 0.1) is 0 Å². The second kappa shape index (κ2) is 9.09. The van der Waals surface area contributed by atoms with Gasteiger partial charge in [0.15, 0.2) is 0 Å². The largest absolute Gasteiger partial charge is 0.394 e. The van der Waals surface area contributed by atoms with Crippen LogP contribution >= 0.6 is 0 Å². The summed E-state index contributed by atoms with van der Waals surface area (Å²) in [5.74, 6) is 0. The minimum absolute atomic E-state index is 0.118. The SMILES string of the molecule is OCCOCCCNC1CCCOCC1. The molecule has 1 unspecified atom stereocenters. The lowest BCUT2D eigenvalue weighted by Gasteiger charge is -2.15. The molecule has 0 aliphatic carbocycles. The zero-order valence-corrected chi connectivity index (χ0v) is 9.41. The van der Waals surface area contributed by atoms with Gasteiger partial charge in [-0.15, -0.1) is 0 Å². The molecule has 0 aromatic heterocycles. The van der Waals surface area contributed by atoms with Crippen LogP contribution in [0.25, 0.3) is 0 Å². The number of hydrogen-bond acceptors (Lipinski definition) is 4. The van der Waals surface area contributed by atoms with Crippen molar-refractivity contribution in [2.45, 2.75) is 31.7 Å². The summed E-state index contributed by atoms with van der Waals surface area (Å²) < 4.78 is 10.6. The molecule has 1 heterocycles. The van der Waals surface area contributed by atoms with Crippen molar-refractivity contribution in [3.05, 3.63) is 0 Å². The van der Waals surface area contributed by atoms with Crippen LogP contribution < -0.4 is 5.32 Å². The fraction of sp³-hybridized carbons (Fsp3) is 1.00. The third kappa shape index (κ3) is 6.84. The second-order valence-corrected chi connectivity index (χ2v) is 3.88. The second-order valence-electron chi connectivity index (χ2n) is 3.88. The molecule has 0 spiro atoms. The molecule has 1 aliphatic rings. The van der Waals surface area contributed by atoms with Crippen molar-refractivity contribution in [1.29, 1.82) is 0 Å². The van der Waals surface area contributed by atoms with E-state index >= 15 is 0 Å². The van der Waals surface area contributed by atoms with Crippen LogP contribution in [0.5, 0.6) is 0 Å². The quantitative estimate of drug-likeness (QED) is 0.611. The van der Waals surface area contributed by atoms with Crippen LogP contribution in [0.2, 0.25) is 0 Å². The highest BCUT2D eigenvalue weighted by molar-refractivity contribution is 4.68. The Kier molecular flexibility index (Phi) is 7.83. The fourth-order valence-corrected chi connectivity index (χ4v) is 1.75. The van der Waals surface area contributed by atoms with E-state index in [-0.39, 0.29) is 6.61 Å². The van der Waals surface area contributed by atoms with Crippen LogP contribution in [0.1, 0.15) is 25.7 Å². The van der Waals surface area contributed by atoms with Gasteiger partial charge in [-0.05, 0) is 32.2 Å². The highest BCUT2D eigenvalue weighted by Crippen LogP contribution is 2.07. The van der Waals surface area contributed by atoms with E-state index in [9.17, 15) is 0 Å². The molecule has 0 aromatic carbocycles. The first kappa shape index (κ1) is 12.9. The molecule has 0 amide bonds. The summed E-state index contributed by atoms with van der Waals surface area (Å²) in [5.41, 5.74) is 0. The summed E-state index contributed by atoms with van der Waals surface area (Å²) in [6.45, 7) is 4.11. The van der Waals surface area contributed by atoms with E-state index in [0.717, 1.165) is 39.2 Å². The first-order valence-corrected chi connectivity index (χ1v) is 5.93. The number of aliphatic hydroxyl groups is 1. The molecular weight excluding hydrogens is 194 g/mol. The highest BCUT2D eigenvalue weighted by atomic mass is 16.5. The molecule has 1 saturated heterocycles. The van der Waals surface area contributed by atoms with Crippen LogP contribution in [-0.4, -0.2) is 50.7 Å². The molecule has 90 valence electrons. The van der Waals surface area contributed by atoms with E-state index in [1.165, 1.54) is 12.8 Å². The van der Waals surface area contributed by atoms with E-state index in [2.05, 4.69) is 5.32 Å². The lowest BCUT2D eigenvalue weighted by molar-refractivity contribution is 0.0902. The first-order chi connectivity index (χ1) is 7.43. The molecule has 15 heavy (non-hydrogen) atoms. The van der Waals surface area contributed by atoms with Gasteiger partial charge in [-0.25, -0.2) is 0 Å². The molecular formula is C11H23NO3. The van der Waals surface area contributed by atoms with Gasteiger partial charge in [0, 0.05) is 25.9 Å². The molecule has 4 nitrogen and oxygen atoms in total. The maximum Gasteiger partial charge on any atom is 0.0697 e. The van der Waals surface area contributed by atoms with E-state index in [0.29, 0.717) is 12.6 Å². The zero-order chi connectivity index (χ0) is 10.8. The summed E-state index contributed by atoms with van der Waals surface area (Å²) >= 11 is 0. The Labute approximate surface area is 92.0 Å². The van der Waals surface area contributed by atoms with E-state index in [4.69, 9.17) is 14.6 Å². The lowest BCUT2D eigenvalue weighted by atomic mass is 10.1. The van der Waals surface area contributed by atoms with E-state index in [1.807, 2.05) is 0 Å². The smallest absolute Gasteiger partial charge is 0.0697 e. The number of nitrogens with one attached hydrogen (secondary N) is 1. The predicted octanol–water partition coefficient (Wildman–Crippen LogP) is 0.544. The molecule has 1 rings (SSSR count). The van der Waals surface area contributed by atoms with Gasteiger partial charge >= 0.3 is 0 Å². The molecule has 0 aromatic rings. The third-order valence-corrected chi connectivity index (χ3v) is 2.59. The molecule has 4 heteroatoms. The van der Waals surface area contributed by atoms with Crippen molar-refractivity contribution >= 4 is 0 Å². The molecule has 2 N–H and O–H groups in total. The average Bonchev–Trinajstić information content (AvgIpc) is 2.52. The van der Waals surface area contributed by atoms with Gasteiger partial charge in [0.25, 0.3) is 0 Å². The Balaban J connectivity index is 1.89. The number of aliphatic hydroxyl groups excluding tert-OH is 1. The molecule has 0 radical (unpaired) electrons. The first-order valence-electron chi connectivity index (χ1n) is 5.93. The van der Waals surface area contributed by atoms with Gasteiger partial charge in [0.1, 0.15) is 0 Å². The van der Waals surface area contributed by atoms with Gasteiger partial charge in [0.2, 0.25) is 0 Å². The van der Waals surface area contributed by atoms with Crippen LogP contribution in [0.15, 0.2) is 0 Å². The van der Waals surface area contributed by atoms with Gasteiger partial charge in [-0.2, -0.15) is 0 Å². The monoisotopic (exact) mass is 217 g/mol. The zero-order valence-electron chi connectivity index (χ0n) is 9.41. The van der Waals surface area contributed by atoms with E-state index in [1.54, 1.807) is 0 Å². The van der Waals surface area contributed by atoms with Gasteiger partial charge < -0.3 is 19.9 Å². The van der Waals surface area contributed by atoms with Gasteiger partial charge in [-0.3, -0.25) is 0 Å². The summed E-state index contributed by atoms with van der Waals surface area (Å²) in [5, 5.41) is 12.0. The summed E-state index contributed by atoms with van der Waals surface area (Å²) in [4.78, 5) is 0.